The Morgan fingerprint density at radius 1 is 1.12 bits per heavy atom. The highest BCUT2D eigenvalue weighted by molar-refractivity contribution is 5.64. The van der Waals surface area contributed by atoms with Crippen molar-refractivity contribution < 1.29 is 0 Å². The summed E-state index contributed by atoms with van der Waals surface area (Å²) in [5, 5.41) is 2.67. The van der Waals surface area contributed by atoms with Gasteiger partial charge in [0.05, 0.1) is 11.9 Å². The van der Waals surface area contributed by atoms with Crippen LogP contribution in [0.5, 0.6) is 0 Å². The molecule has 3 N–H and O–H groups in total. The number of rotatable bonds is 1. The SMILES string of the molecule is Nc1ccc(-c2cn3[nH]c(=O)ccc3n2)cc1. The topological polar surface area (TPSA) is 76.2 Å². The number of H-pyrrole nitrogens is 1. The van der Waals surface area contributed by atoms with E-state index in [1.54, 1.807) is 16.8 Å². The smallest absolute Gasteiger partial charge is 0.262 e. The van der Waals surface area contributed by atoms with Gasteiger partial charge < -0.3 is 5.73 Å². The highest BCUT2D eigenvalue weighted by Crippen LogP contribution is 2.19. The lowest BCUT2D eigenvalue weighted by molar-refractivity contribution is 0.905. The molecule has 0 radical (unpaired) electrons. The molecule has 17 heavy (non-hydrogen) atoms. The maximum atomic E-state index is 11.2. The summed E-state index contributed by atoms with van der Waals surface area (Å²) in [6.07, 6.45) is 1.78. The summed E-state index contributed by atoms with van der Waals surface area (Å²) in [6, 6.07) is 10.6. The van der Waals surface area contributed by atoms with E-state index in [1.165, 1.54) is 6.07 Å². The maximum absolute atomic E-state index is 11.2. The van der Waals surface area contributed by atoms with Crippen molar-refractivity contribution in [2.75, 3.05) is 5.73 Å². The van der Waals surface area contributed by atoms with Gasteiger partial charge >= 0.3 is 0 Å². The van der Waals surface area contributed by atoms with Gasteiger partial charge in [-0.2, -0.15) is 0 Å². The highest BCUT2D eigenvalue weighted by Gasteiger charge is 2.04. The molecule has 0 spiro atoms. The van der Waals surface area contributed by atoms with Crippen LogP contribution in [-0.2, 0) is 0 Å². The van der Waals surface area contributed by atoms with Crippen LogP contribution < -0.4 is 11.3 Å². The molecule has 84 valence electrons. The summed E-state index contributed by atoms with van der Waals surface area (Å²) in [5.41, 5.74) is 8.65. The van der Waals surface area contributed by atoms with Gasteiger partial charge in [-0.3, -0.25) is 9.89 Å². The average molecular weight is 226 g/mol. The molecule has 0 saturated carbocycles. The van der Waals surface area contributed by atoms with Crippen molar-refractivity contribution in [2.45, 2.75) is 0 Å². The van der Waals surface area contributed by atoms with E-state index in [2.05, 4.69) is 10.1 Å². The van der Waals surface area contributed by atoms with E-state index in [0.29, 0.717) is 11.3 Å². The number of aromatic amines is 1. The number of hydrogen-bond donors (Lipinski definition) is 2. The normalized spacial score (nSPS) is 10.8. The van der Waals surface area contributed by atoms with Gasteiger partial charge in [-0.15, -0.1) is 0 Å². The van der Waals surface area contributed by atoms with Gasteiger partial charge in [0.25, 0.3) is 5.56 Å². The fraction of sp³-hybridized carbons (Fsp3) is 0. The lowest BCUT2D eigenvalue weighted by atomic mass is 10.1. The Balaban J connectivity index is 2.17. The molecule has 0 aliphatic heterocycles. The second-order valence-corrected chi connectivity index (χ2v) is 3.79. The molecule has 0 fully saturated rings. The van der Waals surface area contributed by atoms with Gasteiger partial charge in [-0.1, -0.05) is 12.1 Å². The Hall–Kier alpha value is -2.56. The fourth-order valence-electron chi connectivity index (χ4n) is 1.70. The van der Waals surface area contributed by atoms with E-state index >= 15 is 0 Å². The van der Waals surface area contributed by atoms with Crippen LogP contribution in [0, 0.1) is 0 Å². The number of imidazole rings is 1. The molecule has 3 rings (SSSR count). The van der Waals surface area contributed by atoms with Crippen LogP contribution in [0.2, 0.25) is 0 Å². The molecule has 5 heteroatoms. The number of nitrogens with one attached hydrogen (secondary N) is 1. The number of fused-ring (bicyclic) bond motifs is 1. The van der Waals surface area contributed by atoms with Crippen LogP contribution in [0.3, 0.4) is 0 Å². The first-order chi connectivity index (χ1) is 8.22. The van der Waals surface area contributed by atoms with Gasteiger partial charge in [0.2, 0.25) is 0 Å². The van der Waals surface area contributed by atoms with Crippen LogP contribution in [0.1, 0.15) is 0 Å². The molecule has 5 nitrogen and oxygen atoms in total. The fourth-order valence-corrected chi connectivity index (χ4v) is 1.70. The highest BCUT2D eigenvalue weighted by atomic mass is 16.1. The van der Waals surface area contributed by atoms with Crippen molar-refractivity contribution in [3.63, 3.8) is 0 Å². The number of nitrogens with zero attached hydrogens (tertiary/aromatic N) is 2. The van der Waals surface area contributed by atoms with Crippen molar-refractivity contribution >= 4 is 11.3 Å². The standard InChI is InChI=1S/C12H10N4O/c13-9-3-1-8(2-4-9)10-7-16-11(14-10)5-6-12(17)15-16/h1-7H,13H2,(H,15,17). The Labute approximate surface area is 96.5 Å². The summed E-state index contributed by atoms with van der Waals surface area (Å²) in [7, 11) is 0. The van der Waals surface area contributed by atoms with Gasteiger partial charge in [-0.25, -0.2) is 9.50 Å². The first kappa shape index (κ1) is 9.65. The van der Waals surface area contributed by atoms with Crippen molar-refractivity contribution in [3.05, 3.63) is 52.9 Å². The first-order valence-corrected chi connectivity index (χ1v) is 5.17. The quantitative estimate of drug-likeness (QED) is 0.613. The summed E-state index contributed by atoms with van der Waals surface area (Å²) >= 11 is 0. The van der Waals surface area contributed by atoms with Crippen LogP contribution in [0.4, 0.5) is 5.69 Å². The third-order valence-corrected chi connectivity index (χ3v) is 2.55. The van der Waals surface area contributed by atoms with Crippen molar-refractivity contribution in [1.29, 1.82) is 0 Å². The minimum Gasteiger partial charge on any atom is -0.399 e. The van der Waals surface area contributed by atoms with E-state index in [-0.39, 0.29) is 5.56 Å². The molecule has 0 aliphatic rings. The Morgan fingerprint density at radius 2 is 1.88 bits per heavy atom. The second-order valence-electron chi connectivity index (χ2n) is 3.79. The maximum Gasteiger partial charge on any atom is 0.262 e. The third kappa shape index (κ3) is 1.67. The molecule has 3 aromatic rings. The Kier molecular flexibility index (Phi) is 1.98. The molecular weight excluding hydrogens is 216 g/mol. The third-order valence-electron chi connectivity index (χ3n) is 2.55. The molecule has 0 unspecified atom stereocenters. The summed E-state index contributed by atoms with van der Waals surface area (Å²) in [4.78, 5) is 15.6. The number of anilines is 1. The Morgan fingerprint density at radius 3 is 2.65 bits per heavy atom. The number of nitrogens with two attached hydrogens (primary N) is 1. The van der Waals surface area contributed by atoms with Gasteiger partial charge in [0, 0.05) is 17.3 Å². The number of benzene rings is 1. The van der Waals surface area contributed by atoms with Crippen LogP contribution >= 0.6 is 0 Å². The summed E-state index contributed by atoms with van der Waals surface area (Å²) in [6.45, 7) is 0. The molecule has 0 aliphatic carbocycles. The van der Waals surface area contributed by atoms with Crippen molar-refractivity contribution in [1.82, 2.24) is 14.6 Å². The van der Waals surface area contributed by atoms with Crippen LogP contribution in [-0.4, -0.2) is 14.6 Å². The van der Waals surface area contributed by atoms with Crippen LogP contribution in [0.15, 0.2) is 47.4 Å². The average Bonchev–Trinajstić information content (AvgIpc) is 2.72. The van der Waals surface area contributed by atoms with E-state index in [4.69, 9.17) is 5.73 Å². The molecule has 0 amide bonds. The minimum absolute atomic E-state index is 0.154. The van der Waals surface area contributed by atoms with E-state index in [9.17, 15) is 4.79 Å². The molecular formula is C12H10N4O. The van der Waals surface area contributed by atoms with E-state index in [0.717, 1.165) is 11.3 Å². The molecule has 2 heterocycles. The minimum atomic E-state index is -0.154. The number of nitrogen functional groups attached to an aromatic ring is 1. The Bertz CT molecular complexity index is 724. The first-order valence-electron chi connectivity index (χ1n) is 5.17. The number of aromatic nitrogens is 3. The van der Waals surface area contributed by atoms with Crippen LogP contribution in [0.25, 0.3) is 16.9 Å². The zero-order chi connectivity index (χ0) is 11.8. The second kappa shape index (κ2) is 3.48. The van der Waals surface area contributed by atoms with Crippen molar-refractivity contribution in [3.8, 4) is 11.3 Å². The zero-order valence-corrected chi connectivity index (χ0v) is 8.92. The van der Waals surface area contributed by atoms with Gasteiger partial charge in [0.1, 0.15) is 0 Å². The van der Waals surface area contributed by atoms with Crippen molar-refractivity contribution in [2.24, 2.45) is 0 Å². The lowest BCUT2D eigenvalue weighted by Gasteiger charge is -1.96. The largest absolute Gasteiger partial charge is 0.399 e. The predicted molar refractivity (Wildman–Crippen MR) is 65.7 cm³/mol. The van der Waals surface area contributed by atoms with Gasteiger partial charge in [-0.05, 0) is 18.2 Å². The molecule has 0 atom stereocenters. The van der Waals surface area contributed by atoms with Gasteiger partial charge in [0.15, 0.2) is 5.65 Å². The summed E-state index contributed by atoms with van der Waals surface area (Å²) < 4.78 is 1.61. The predicted octanol–water partition coefficient (Wildman–Crippen LogP) is 1.27. The van der Waals surface area contributed by atoms with E-state index < -0.39 is 0 Å². The summed E-state index contributed by atoms with van der Waals surface area (Å²) in [5.74, 6) is 0. The molecule has 1 aromatic carbocycles. The van der Waals surface area contributed by atoms with E-state index in [1.807, 2.05) is 24.3 Å². The molecule has 0 bridgehead atoms. The lowest BCUT2D eigenvalue weighted by Crippen LogP contribution is -2.07. The monoisotopic (exact) mass is 226 g/mol. The molecule has 2 aromatic heterocycles. The number of hydrogen-bond acceptors (Lipinski definition) is 3. The molecule has 0 saturated heterocycles. The zero-order valence-electron chi connectivity index (χ0n) is 8.92.